The third-order valence-electron chi connectivity index (χ3n) is 5.13. The normalized spacial score (nSPS) is 11.0. The predicted molar refractivity (Wildman–Crippen MR) is 126 cm³/mol. The summed E-state index contributed by atoms with van der Waals surface area (Å²) >= 11 is 7.38. The van der Waals surface area contributed by atoms with Gasteiger partial charge in [-0.05, 0) is 50.6 Å². The minimum absolute atomic E-state index is 0.118. The lowest BCUT2D eigenvalue weighted by Gasteiger charge is -2.04. The van der Waals surface area contributed by atoms with Gasteiger partial charge >= 0.3 is 0 Å². The van der Waals surface area contributed by atoms with Gasteiger partial charge in [-0.15, -0.1) is 11.3 Å². The van der Waals surface area contributed by atoms with Crippen LogP contribution in [0.25, 0.3) is 5.13 Å². The summed E-state index contributed by atoms with van der Waals surface area (Å²) in [6.45, 7) is 6.19. The van der Waals surface area contributed by atoms with Gasteiger partial charge in [-0.3, -0.25) is 4.79 Å². The van der Waals surface area contributed by atoms with Crippen LogP contribution in [0.15, 0.2) is 53.9 Å². The number of halogens is 1. The Balaban J connectivity index is 1.47. The molecule has 0 radical (unpaired) electrons. The standard InChI is InChI=1S/C24H23ClN4OS/c1-15-4-6-18(7-5-15)12-22-16(2)28-29(17(22)3)24-27-21(14-31-24)13-23(30)26-20-10-8-19(25)9-11-20/h4-11,14H,12-13H2,1-3H3,(H,26,30). The summed E-state index contributed by atoms with van der Waals surface area (Å²) in [6, 6.07) is 15.6. The van der Waals surface area contributed by atoms with Crippen molar-refractivity contribution in [3.63, 3.8) is 0 Å². The summed E-state index contributed by atoms with van der Waals surface area (Å²) in [7, 11) is 0. The third-order valence-corrected chi connectivity index (χ3v) is 6.25. The topological polar surface area (TPSA) is 59.8 Å². The van der Waals surface area contributed by atoms with Crippen molar-refractivity contribution in [3.8, 4) is 5.13 Å². The molecule has 0 saturated heterocycles. The van der Waals surface area contributed by atoms with Crippen molar-refractivity contribution in [1.82, 2.24) is 14.8 Å². The Morgan fingerprint density at radius 1 is 1.06 bits per heavy atom. The van der Waals surface area contributed by atoms with Gasteiger partial charge in [0.15, 0.2) is 0 Å². The fraction of sp³-hybridized carbons (Fsp3) is 0.208. The molecule has 0 fully saturated rings. The molecule has 0 aliphatic carbocycles. The molecule has 0 spiro atoms. The van der Waals surface area contributed by atoms with E-state index in [0.717, 1.165) is 28.6 Å². The lowest BCUT2D eigenvalue weighted by molar-refractivity contribution is -0.115. The minimum atomic E-state index is -0.118. The second-order valence-corrected chi connectivity index (χ2v) is 8.85. The van der Waals surface area contributed by atoms with Crippen molar-refractivity contribution in [2.24, 2.45) is 0 Å². The number of rotatable bonds is 6. The Kier molecular flexibility index (Phi) is 6.20. The lowest BCUT2D eigenvalue weighted by atomic mass is 10.0. The molecule has 0 unspecified atom stereocenters. The highest BCUT2D eigenvalue weighted by Gasteiger charge is 2.16. The van der Waals surface area contributed by atoms with E-state index in [-0.39, 0.29) is 12.3 Å². The molecular weight excluding hydrogens is 428 g/mol. The fourth-order valence-electron chi connectivity index (χ4n) is 3.40. The number of anilines is 1. The Bertz CT molecular complexity index is 1210. The molecule has 1 amide bonds. The highest BCUT2D eigenvalue weighted by Crippen LogP contribution is 2.23. The number of hydrogen-bond acceptors (Lipinski definition) is 4. The molecule has 0 aliphatic rings. The van der Waals surface area contributed by atoms with E-state index in [2.05, 4.69) is 48.4 Å². The number of hydrogen-bond donors (Lipinski definition) is 1. The van der Waals surface area contributed by atoms with Gasteiger partial charge < -0.3 is 5.32 Å². The van der Waals surface area contributed by atoms with Crippen molar-refractivity contribution in [3.05, 3.63) is 92.7 Å². The average Bonchev–Trinajstić information content (AvgIpc) is 3.30. The molecule has 4 rings (SSSR count). The minimum Gasteiger partial charge on any atom is -0.326 e. The Morgan fingerprint density at radius 3 is 2.48 bits per heavy atom. The van der Waals surface area contributed by atoms with Gasteiger partial charge in [0.2, 0.25) is 11.0 Å². The number of nitrogens with one attached hydrogen (secondary N) is 1. The van der Waals surface area contributed by atoms with Crippen molar-refractivity contribution in [2.75, 3.05) is 5.32 Å². The lowest BCUT2D eigenvalue weighted by Crippen LogP contribution is -2.14. The van der Waals surface area contributed by atoms with Crippen LogP contribution < -0.4 is 5.32 Å². The summed E-state index contributed by atoms with van der Waals surface area (Å²) < 4.78 is 1.88. The number of aryl methyl sites for hydroxylation is 2. The number of benzene rings is 2. The van der Waals surface area contributed by atoms with E-state index in [4.69, 9.17) is 16.7 Å². The van der Waals surface area contributed by atoms with E-state index in [1.807, 2.05) is 17.0 Å². The van der Waals surface area contributed by atoms with Gasteiger partial charge in [-0.2, -0.15) is 5.10 Å². The van der Waals surface area contributed by atoms with Gasteiger partial charge in [0.25, 0.3) is 0 Å². The monoisotopic (exact) mass is 450 g/mol. The maximum atomic E-state index is 12.4. The van der Waals surface area contributed by atoms with Gasteiger partial charge in [-0.1, -0.05) is 41.4 Å². The number of aromatic nitrogens is 3. The quantitative estimate of drug-likeness (QED) is 0.411. The third kappa shape index (κ3) is 5.03. The zero-order valence-corrected chi connectivity index (χ0v) is 19.2. The molecule has 4 aromatic rings. The Labute approximate surface area is 190 Å². The first kappa shape index (κ1) is 21.3. The summed E-state index contributed by atoms with van der Waals surface area (Å²) in [5.41, 5.74) is 7.22. The highest BCUT2D eigenvalue weighted by atomic mass is 35.5. The van der Waals surface area contributed by atoms with Gasteiger partial charge in [0.05, 0.1) is 17.8 Å². The maximum Gasteiger partial charge on any atom is 0.230 e. The summed E-state index contributed by atoms with van der Waals surface area (Å²) in [4.78, 5) is 17.0. The zero-order chi connectivity index (χ0) is 22.0. The van der Waals surface area contributed by atoms with Crippen molar-refractivity contribution in [2.45, 2.75) is 33.6 Å². The molecule has 2 heterocycles. The average molecular weight is 451 g/mol. The van der Waals surface area contributed by atoms with Crippen molar-refractivity contribution < 1.29 is 4.79 Å². The highest BCUT2D eigenvalue weighted by molar-refractivity contribution is 7.12. The first-order chi connectivity index (χ1) is 14.9. The molecule has 1 N–H and O–H groups in total. The number of amides is 1. The second-order valence-electron chi connectivity index (χ2n) is 7.58. The first-order valence-corrected chi connectivity index (χ1v) is 11.3. The molecule has 5 nitrogen and oxygen atoms in total. The molecule has 0 bridgehead atoms. The second kappa shape index (κ2) is 9.04. The van der Waals surface area contributed by atoms with E-state index >= 15 is 0 Å². The zero-order valence-electron chi connectivity index (χ0n) is 17.6. The molecular formula is C24H23ClN4OS. The van der Waals surface area contributed by atoms with Crippen molar-refractivity contribution in [1.29, 1.82) is 0 Å². The van der Waals surface area contributed by atoms with Crippen LogP contribution in [0.2, 0.25) is 5.02 Å². The van der Waals surface area contributed by atoms with Crippen molar-refractivity contribution >= 4 is 34.5 Å². The van der Waals surface area contributed by atoms with E-state index in [0.29, 0.717) is 10.7 Å². The van der Waals surface area contributed by atoms with Crippen LogP contribution in [0.4, 0.5) is 5.69 Å². The largest absolute Gasteiger partial charge is 0.326 e. The van der Waals surface area contributed by atoms with E-state index in [1.165, 1.54) is 28.0 Å². The molecule has 0 atom stereocenters. The molecule has 0 aliphatic heterocycles. The number of carbonyl (C=O) groups is 1. The molecule has 2 aromatic carbocycles. The van der Waals surface area contributed by atoms with E-state index in [9.17, 15) is 4.79 Å². The molecule has 0 saturated carbocycles. The first-order valence-electron chi connectivity index (χ1n) is 10.00. The van der Waals surface area contributed by atoms with Gasteiger partial charge in [0, 0.05) is 33.8 Å². The SMILES string of the molecule is Cc1ccc(Cc2c(C)nn(-c3nc(CC(=O)Nc4ccc(Cl)cc4)cs3)c2C)cc1. The predicted octanol–water partition coefficient (Wildman–Crippen LogP) is 5.68. The summed E-state index contributed by atoms with van der Waals surface area (Å²) in [6.07, 6.45) is 1.04. The van der Waals surface area contributed by atoms with Crippen LogP contribution in [0, 0.1) is 20.8 Å². The van der Waals surface area contributed by atoms with Gasteiger partial charge in [-0.25, -0.2) is 9.67 Å². The van der Waals surface area contributed by atoms with Crippen LogP contribution in [-0.4, -0.2) is 20.7 Å². The number of thiazole rings is 1. The Morgan fingerprint density at radius 2 is 1.77 bits per heavy atom. The Hall–Kier alpha value is -2.96. The van der Waals surface area contributed by atoms with Gasteiger partial charge in [0.1, 0.15) is 0 Å². The smallest absolute Gasteiger partial charge is 0.230 e. The van der Waals surface area contributed by atoms with Crippen LogP contribution in [-0.2, 0) is 17.6 Å². The maximum absolute atomic E-state index is 12.4. The van der Waals surface area contributed by atoms with E-state index in [1.54, 1.807) is 24.3 Å². The number of nitrogens with zero attached hydrogens (tertiary/aromatic N) is 3. The van der Waals surface area contributed by atoms with Crippen LogP contribution in [0.1, 0.15) is 33.8 Å². The summed E-state index contributed by atoms with van der Waals surface area (Å²) in [5, 5.41) is 10.9. The van der Waals surface area contributed by atoms with E-state index < -0.39 is 0 Å². The van der Waals surface area contributed by atoms with Crippen LogP contribution in [0.3, 0.4) is 0 Å². The molecule has 7 heteroatoms. The van der Waals surface area contributed by atoms with Crippen LogP contribution >= 0.6 is 22.9 Å². The van der Waals surface area contributed by atoms with Crippen LogP contribution in [0.5, 0.6) is 0 Å². The number of carbonyl (C=O) groups excluding carboxylic acids is 1. The fourth-order valence-corrected chi connectivity index (χ4v) is 4.36. The molecule has 31 heavy (non-hydrogen) atoms. The summed E-state index contributed by atoms with van der Waals surface area (Å²) in [5.74, 6) is -0.118. The molecule has 158 valence electrons. The molecule has 2 aromatic heterocycles.